The summed E-state index contributed by atoms with van der Waals surface area (Å²) in [6, 6.07) is 20.5. The minimum absolute atomic E-state index is 0.0349. The predicted octanol–water partition coefficient (Wildman–Crippen LogP) is 8.21. The molecule has 6 heteroatoms. The van der Waals surface area contributed by atoms with E-state index in [1.54, 1.807) is 38.2 Å². The van der Waals surface area contributed by atoms with Gasteiger partial charge in [0, 0.05) is 46.7 Å². The molecule has 2 aromatic heterocycles. The maximum Gasteiger partial charge on any atom is 0.167 e. The minimum Gasteiger partial charge on any atom is -0.508 e. The summed E-state index contributed by atoms with van der Waals surface area (Å²) >= 11 is 0. The molecule has 0 aliphatic heterocycles. The van der Waals surface area contributed by atoms with Crippen molar-refractivity contribution >= 4 is 22.5 Å². The minimum atomic E-state index is -0.372. The van der Waals surface area contributed by atoms with Gasteiger partial charge in [-0.2, -0.15) is 0 Å². The molecular weight excluding hydrogens is 505 g/mol. The standard InChI is InChI=1S/C34H28FNO4/c1-3-27(37)32-26-16-22(9-12-30(26)40-33(32)21-7-10-24(35)11-8-21)25-17-23(18-28(38)20(25)2)29(39)19-34(13-14-34)31-6-4-5-15-36-31/h4-12,15-18,38H,3,13-14,19H2,1-2H3. The van der Waals surface area contributed by atoms with Crippen LogP contribution in [0.15, 0.2) is 83.4 Å². The maximum absolute atomic E-state index is 13.6. The van der Waals surface area contributed by atoms with Gasteiger partial charge in [-0.25, -0.2) is 4.39 Å². The highest BCUT2D eigenvalue weighted by Crippen LogP contribution is 2.51. The van der Waals surface area contributed by atoms with E-state index in [-0.39, 0.29) is 35.0 Å². The van der Waals surface area contributed by atoms with Gasteiger partial charge in [0.25, 0.3) is 0 Å². The number of nitrogens with zero attached hydrogens (tertiary/aromatic N) is 1. The number of aromatic hydroxyl groups is 1. The average Bonchev–Trinajstić information content (AvgIpc) is 3.66. The largest absolute Gasteiger partial charge is 0.508 e. The van der Waals surface area contributed by atoms with Crippen LogP contribution in [-0.4, -0.2) is 21.7 Å². The van der Waals surface area contributed by atoms with Gasteiger partial charge in [0.05, 0.1) is 5.56 Å². The second-order valence-electron chi connectivity index (χ2n) is 10.6. The van der Waals surface area contributed by atoms with Crippen LogP contribution in [0.2, 0.25) is 0 Å². The van der Waals surface area contributed by atoms with Crippen LogP contribution in [0.4, 0.5) is 4.39 Å². The number of hydrogen-bond donors (Lipinski definition) is 1. The quantitative estimate of drug-likeness (QED) is 0.203. The van der Waals surface area contributed by atoms with Gasteiger partial charge >= 0.3 is 0 Å². The van der Waals surface area contributed by atoms with Crippen molar-refractivity contribution in [3.63, 3.8) is 0 Å². The zero-order valence-electron chi connectivity index (χ0n) is 22.3. The van der Waals surface area contributed by atoms with E-state index >= 15 is 0 Å². The molecule has 1 aliphatic rings. The molecule has 5 aromatic rings. The van der Waals surface area contributed by atoms with Crippen molar-refractivity contribution in [1.82, 2.24) is 4.98 Å². The van der Waals surface area contributed by atoms with Gasteiger partial charge in [-0.05, 0) is 97.1 Å². The van der Waals surface area contributed by atoms with Crippen LogP contribution in [0, 0.1) is 12.7 Å². The lowest BCUT2D eigenvalue weighted by atomic mass is 9.89. The second kappa shape index (κ2) is 9.87. The summed E-state index contributed by atoms with van der Waals surface area (Å²) in [7, 11) is 0. The van der Waals surface area contributed by atoms with Crippen molar-refractivity contribution in [2.24, 2.45) is 0 Å². The lowest BCUT2D eigenvalue weighted by molar-refractivity contribution is 0.0966. The second-order valence-corrected chi connectivity index (χ2v) is 10.6. The van der Waals surface area contributed by atoms with Gasteiger partial charge < -0.3 is 9.52 Å². The average molecular weight is 534 g/mol. The Morgan fingerprint density at radius 1 is 0.975 bits per heavy atom. The molecular formula is C34H28FNO4. The zero-order chi connectivity index (χ0) is 28.0. The normalized spacial score (nSPS) is 13.9. The predicted molar refractivity (Wildman–Crippen MR) is 152 cm³/mol. The number of ketones is 2. The number of rotatable bonds is 8. The number of carbonyl (C=O) groups is 2. The number of carbonyl (C=O) groups excluding carboxylic acids is 2. The van der Waals surface area contributed by atoms with Crippen molar-refractivity contribution in [3.8, 4) is 28.2 Å². The number of Topliss-reactive ketones (excluding diaryl/α,β-unsaturated/α-hetero) is 2. The Morgan fingerprint density at radius 2 is 1.73 bits per heavy atom. The van der Waals surface area contributed by atoms with Crippen molar-refractivity contribution < 1.29 is 23.5 Å². The summed E-state index contributed by atoms with van der Waals surface area (Å²) in [6.45, 7) is 3.59. The van der Waals surface area contributed by atoms with Crippen LogP contribution in [-0.2, 0) is 5.41 Å². The van der Waals surface area contributed by atoms with Crippen LogP contribution >= 0.6 is 0 Å². The van der Waals surface area contributed by atoms with E-state index in [1.807, 2.05) is 36.4 Å². The molecule has 0 unspecified atom stereocenters. The Kier molecular flexibility index (Phi) is 6.34. The molecule has 1 aliphatic carbocycles. The van der Waals surface area contributed by atoms with Crippen LogP contribution < -0.4 is 0 Å². The fourth-order valence-corrected chi connectivity index (χ4v) is 5.44. The Bertz CT molecular complexity index is 1770. The molecule has 0 radical (unpaired) electrons. The molecule has 5 nitrogen and oxygen atoms in total. The molecule has 1 fully saturated rings. The van der Waals surface area contributed by atoms with Crippen LogP contribution in [0.25, 0.3) is 33.4 Å². The molecule has 40 heavy (non-hydrogen) atoms. The summed E-state index contributed by atoms with van der Waals surface area (Å²) in [5, 5.41) is 11.5. The van der Waals surface area contributed by atoms with Gasteiger partial charge in [-0.15, -0.1) is 0 Å². The zero-order valence-corrected chi connectivity index (χ0v) is 22.3. The van der Waals surface area contributed by atoms with E-state index in [0.29, 0.717) is 51.0 Å². The molecule has 0 amide bonds. The number of fused-ring (bicyclic) bond motifs is 1. The smallest absolute Gasteiger partial charge is 0.167 e. The van der Waals surface area contributed by atoms with E-state index in [9.17, 15) is 19.1 Å². The van der Waals surface area contributed by atoms with E-state index in [2.05, 4.69) is 4.98 Å². The van der Waals surface area contributed by atoms with Gasteiger partial charge in [-0.1, -0.05) is 19.1 Å². The summed E-state index contributed by atoms with van der Waals surface area (Å²) < 4.78 is 19.7. The summed E-state index contributed by atoms with van der Waals surface area (Å²) in [5.41, 5.74) is 4.77. The third-order valence-electron chi connectivity index (χ3n) is 7.97. The lowest BCUT2D eigenvalue weighted by Gasteiger charge is -2.15. The summed E-state index contributed by atoms with van der Waals surface area (Å²) in [5.74, 6) is -0.0881. The third kappa shape index (κ3) is 4.49. The first-order chi connectivity index (χ1) is 19.3. The third-order valence-corrected chi connectivity index (χ3v) is 7.97. The summed E-state index contributed by atoms with van der Waals surface area (Å²) in [6.07, 6.45) is 4.16. The highest BCUT2D eigenvalue weighted by atomic mass is 19.1. The molecule has 2 heterocycles. The number of aromatic nitrogens is 1. The molecule has 3 aromatic carbocycles. The summed E-state index contributed by atoms with van der Waals surface area (Å²) in [4.78, 5) is 31.1. The van der Waals surface area contributed by atoms with Crippen LogP contribution in [0.5, 0.6) is 5.75 Å². The topological polar surface area (TPSA) is 80.4 Å². The Morgan fingerprint density at radius 3 is 2.40 bits per heavy atom. The number of furan rings is 1. The number of phenols is 1. The van der Waals surface area contributed by atoms with E-state index in [4.69, 9.17) is 4.42 Å². The molecule has 200 valence electrons. The van der Waals surface area contributed by atoms with E-state index in [1.165, 1.54) is 18.2 Å². The molecule has 0 bridgehead atoms. The van der Waals surface area contributed by atoms with Crippen LogP contribution in [0.1, 0.15) is 64.6 Å². The van der Waals surface area contributed by atoms with Crippen molar-refractivity contribution in [3.05, 3.63) is 107 Å². The number of phenolic OH excluding ortho intramolecular Hbond substituents is 1. The first-order valence-electron chi connectivity index (χ1n) is 13.4. The van der Waals surface area contributed by atoms with Crippen molar-refractivity contribution in [2.45, 2.75) is 44.9 Å². The fourth-order valence-electron chi connectivity index (χ4n) is 5.44. The highest BCUT2D eigenvalue weighted by molar-refractivity contribution is 6.13. The molecule has 0 spiro atoms. The van der Waals surface area contributed by atoms with Gasteiger partial charge in [-0.3, -0.25) is 14.6 Å². The molecule has 0 atom stereocenters. The van der Waals surface area contributed by atoms with E-state index in [0.717, 1.165) is 24.1 Å². The van der Waals surface area contributed by atoms with Crippen molar-refractivity contribution in [2.75, 3.05) is 0 Å². The number of hydrogen-bond acceptors (Lipinski definition) is 5. The molecule has 0 saturated heterocycles. The molecule has 1 saturated carbocycles. The number of benzene rings is 3. The first-order valence-corrected chi connectivity index (χ1v) is 13.4. The monoisotopic (exact) mass is 533 g/mol. The van der Waals surface area contributed by atoms with Gasteiger partial charge in [0.15, 0.2) is 11.6 Å². The molecule has 6 rings (SSSR count). The lowest BCUT2D eigenvalue weighted by Crippen LogP contribution is -2.15. The van der Waals surface area contributed by atoms with Crippen LogP contribution in [0.3, 0.4) is 0 Å². The SMILES string of the molecule is CCC(=O)c1c(-c2ccc(F)cc2)oc2ccc(-c3cc(C(=O)CC4(c5ccccn5)CC4)cc(O)c3C)cc12. The first kappa shape index (κ1) is 25.7. The Hall–Kier alpha value is -4.58. The Labute approximate surface area is 231 Å². The van der Waals surface area contributed by atoms with Gasteiger partial charge in [0.1, 0.15) is 22.9 Å². The molecule has 1 N–H and O–H groups in total. The number of pyridine rings is 1. The fraction of sp³-hybridized carbons (Fsp3) is 0.206. The maximum atomic E-state index is 13.6. The number of halogens is 1. The highest BCUT2D eigenvalue weighted by Gasteiger charge is 2.47. The van der Waals surface area contributed by atoms with Crippen molar-refractivity contribution in [1.29, 1.82) is 0 Å². The van der Waals surface area contributed by atoms with E-state index < -0.39 is 0 Å². The van der Waals surface area contributed by atoms with Gasteiger partial charge in [0.2, 0.25) is 0 Å². The Balaban J connectivity index is 1.42.